The first-order valence-corrected chi connectivity index (χ1v) is 8.41. The molecule has 116 valence electrons. The fourth-order valence-corrected chi connectivity index (χ4v) is 4.72. The second kappa shape index (κ2) is 4.84. The molecule has 2 aliphatic carbocycles. The maximum absolute atomic E-state index is 12.7. The van der Waals surface area contributed by atoms with Gasteiger partial charge in [0, 0.05) is 36.8 Å². The van der Waals surface area contributed by atoms with Crippen LogP contribution in [0.4, 0.5) is 0 Å². The number of nitriles is 1. The van der Waals surface area contributed by atoms with Crippen LogP contribution in [0.3, 0.4) is 0 Å². The van der Waals surface area contributed by atoms with E-state index in [0.717, 1.165) is 57.3 Å². The van der Waals surface area contributed by atoms with E-state index in [4.69, 9.17) is 0 Å². The molecule has 0 bridgehead atoms. The molecule has 0 radical (unpaired) electrons. The molecule has 5 heteroatoms. The zero-order chi connectivity index (χ0) is 15.2. The fourth-order valence-electron chi connectivity index (χ4n) is 4.72. The second-order valence-electron chi connectivity index (χ2n) is 7.21. The molecule has 2 saturated carbocycles. The molecule has 1 spiro atoms. The Morgan fingerprint density at radius 1 is 1.45 bits per heavy atom. The van der Waals surface area contributed by atoms with Crippen molar-refractivity contribution >= 4 is 5.91 Å². The Labute approximate surface area is 130 Å². The van der Waals surface area contributed by atoms with E-state index in [1.807, 2.05) is 12.4 Å². The molecule has 5 nitrogen and oxygen atoms in total. The first kappa shape index (κ1) is 13.8. The van der Waals surface area contributed by atoms with Crippen molar-refractivity contribution in [2.45, 2.75) is 57.4 Å². The normalized spacial score (nSPS) is 31.5. The summed E-state index contributed by atoms with van der Waals surface area (Å²) in [6.45, 7) is 1.63. The predicted octanol–water partition coefficient (Wildman–Crippen LogP) is 2.35. The van der Waals surface area contributed by atoms with Crippen molar-refractivity contribution in [2.75, 3.05) is 6.54 Å². The summed E-state index contributed by atoms with van der Waals surface area (Å²) >= 11 is 0. The molecular weight excluding hydrogens is 276 g/mol. The molecule has 1 amide bonds. The maximum atomic E-state index is 12.7. The topological polar surface area (TPSA) is 70.7 Å². The van der Waals surface area contributed by atoms with Gasteiger partial charge in [0.1, 0.15) is 11.2 Å². The number of imidazole rings is 1. The van der Waals surface area contributed by atoms with E-state index in [2.05, 4.69) is 20.9 Å². The van der Waals surface area contributed by atoms with Crippen molar-refractivity contribution in [1.29, 1.82) is 5.26 Å². The molecule has 2 heterocycles. The van der Waals surface area contributed by atoms with Gasteiger partial charge in [-0.3, -0.25) is 4.79 Å². The lowest BCUT2D eigenvalue weighted by Crippen LogP contribution is -2.38. The summed E-state index contributed by atoms with van der Waals surface area (Å²) < 4.78 is 2.18. The quantitative estimate of drug-likeness (QED) is 0.931. The van der Waals surface area contributed by atoms with Crippen LogP contribution in [0.1, 0.15) is 56.7 Å². The molecular formula is C17H22N4O. The molecule has 2 fully saturated rings. The summed E-state index contributed by atoms with van der Waals surface area (Å²) in [6.07, 6.45) is 11.2. The highest BCUT2D eigenvalue weighted by Crippen LogP contribution is 2.71. The van der Waals surface area contributed by atoms with Gasteiger partial charge in [-0.05, 0) is 32.1 Å². The van der Waals surface area contributed by atoms with Gasteiger partial charge in [0.15, 0.2) is 0 Å². The lowest BCUT2D eigenvalue weighted by Gasteiger charge is -2.24. The Hall–Kier alpha value is -1.83. The van der Waals surface area contributed by atoms with Crippen molar-refractivity contribution in [1.82, 2.24) is 14.9 Å². The van der Waals surface area contributed by atoms with Gasteiger partial charge >= 0.3 is 0 Å². The zero-order valence-electron chi connectivity index (χ0n) is 12.8. The molecule has 1 aromatic heterocycles. The minimum Gasteiger partial charge on any atom is -0.354 e. The van der Waals surface area contributed by atoms with Gasteiger partial charge < -0.3 is 9.88 Å². The Balaban J connectivity index is 1.43. The van der Waals surface area contributed by atoms with Crippen molar-refractivity contribution in [3.05, 3.63) is 18.2 Å². The van der Waals surface area contributed by atoms with Crippen LogP contribution < -0.4 is 5.32 Å². The molecule has 0 saturated heterocycles. The number of hydrogen-bond acceptors (Lipinski definition) is 3. The Bertz CT molecular complexity index is 637. The lowest BCUT2D eigenvalue weighted by atomic mass is 9.91. The second-order valence-corrected chi connectivity index (χ2v) is 7.21. The van der Waals surface area contributed by atoms with E-state index in [1.54, 1.807) is 0 Å². The number of hydrogen-bond donors (Lipinski definition) is 1. The van der Waals surface area contributed by atoms with Gasteiger partial charge in [0.05, 0.1) is 6.07 Å². The van der Waals surface area contributed by atoms with Crippen LogP contribution >= 0.6 is 0 Å². The predicted molar refractivity (Wildman–Crippen MR) is 80.8 cm³/mol. The first-order valence-electron chi connectivity index (χ1n) is 8.41. The molecule has 1 N–H and O–H groups in total. The summed E-state index contributed by atoms with van der Waals surface area (Å²) in [7, 11) is 0. The van der Waals surface area contributed by atoms with Crippen LogP contribution in [-0.2, 0) is 11.3 Å². The average molecular weight is 298 g/mol. The van der Waals surface area contributed by atoms with E-state index < -0.39 is 5.41 Å². The van der Waals surface area contributed by atoms with Gasteiger partial charge in [0.2, 0.25) is 5.91 Å². The van der Waals surface area contributed by atoms with Crippen molar-refractivity contribution in [3.63, 3.8) is 0 Å². The number of nitrogens with one attached hydrogen (secondary N) is 1. The largest absolute Gasteiger partial charge is 0.354 e. The third-order valence-electron chi connectivity index (χ3n) is 6.10. The van der Waals surface area contributed by atoms with Crippen LogP contribution in [0.5, 0.6) is 0 Å². The molecule has 1 aromatic rings. The summed E-state index contributed by atoms with van der Waals surface area (Å²) in [5.74, 6) is 1.31. The third kappa shape index (κ3) is 1.83. The standard InChI is InChI=1S/C17H22N4O/c18-12-17(11-16(17)5-1-2-6-16)15(22)20-10-13-4-3-8-21-9-7-19-14(13)21/h7,9,13H,1-6,8,10-11H2,(H,20,22). The zero-order valence-corrected chi connectivity index (χ0v) is 12.8. The van der Waals surface area contributed by atoms with Gasteiger partial charge in [-0.25, -0.2) is 4.98 Å². The van der Waals surface area contributed by atoms with Crippen LogP contribution in [0, 0.1) is 22.2 Å². The van der Waals surface area contributed by atoms with Crippen LogP contribution in [-0.4, -0.2) is 22.0 Å². The minimum absolute atomic E-state index is 0.00311. The van der Waals surface area contributed by atoms with Gasteiger partial charge in [0.25, 0.3) is 0 Å². The van der Waals surface area contributed by atoms with E-state index >= 15 is 0 Å². The molecule has 4 rings (SSSR count). The Kier molecular flexibility index (Phi) is 3.04. The van der Waals surface area contributed by atoms with E-state index in [1.165, 1.54) is 0 Å². The monoisotopic (exact) mass is 298 g/mol. The Morgan fingerprint density at radius 2 is 2.27 bits per heavy atom. The summed E-state index contributed by atoms with van der Waals surface area (Å²) in [5, 5.41) is 12.7. The molecule has 3 aliphatic rings. The van der Waals surface area contributed by atoms with Crippen LogP contribution in [0.15, 0.2) is 12.4 Å². The summed E-state index contributed by atoms with van der Waals surface area (Å²) in [6, 6.07) is 2.35. The number of nitrogens with zero attached hydrogens (tertiary/aromatic N) is 3. The highest BCUT2D eigenvalue weighted by atomic mass is 16.2. The lowest BCUT2D eigenvalue weighted by molar-refractivity contribution is -0.125. The number of aryl methyl sites for hydroxylation is 1. The SMILES string of the molecule is N#CC1(C(=O)NCC2CCCn3ccnc32)CC12CCCC2. The maximum Gasteiger partial charge on any atom is 0.241 e. The van der Waals surface area contributed by atoms with Crippen molar-refractivity contribution < 1.29 is 4.79 Å². The smallest absolute Gasteiger partial charge is 0.241 e. The van der Waals surface area contributed by atoms with Crippen LogP contribution in [0.25, 0.3) is 0 Å². The molecule has 0 aromatic carbocycles. The third-order valence-corrected chi connectivity index (χ3v) is 6.10. The highest BCUT2D eigenvalue weighted by Gasteiger charge is 2.72. The average Bonchev–Trinajstić information content (AvgIpc) is 2.91. The van der Waals surface area contributed by atoms with Crippen LogP contribution in [0.2, 0.25) is 0 Å². The summed E-state index contributed by atoms with van der Waals surface area (Å²) in [5.41, 5.74) is -0.746. The first-order chi connectivity index (χ1) is 10.7. The van der Waals surface area contributed by atoms with Gasteiger partial charge in [-0.15, -0.1) is 0 Å². The number of carbonyl (C=O) groups is 1. The van der Waals surface area contributed by atoms with E-state index in [9.17, 15) is 10.1 Å². The van der Waals surface area contributed by atoms with Gasteiger partial charge in [-0.2, -0.15) is 5.26 Å². The van der Waals surface area contributed by atoms with E-state index in [0.29, 0.717) is 6.54 Å². The fraction of sp³-hybridized carbons (Fsp3) is 0.706. The number of rotatable bonds is 3. The number of aromatic nitrogens is 2. The summed E-state index contributed by atoms with van der Waals surface area (Å²) in [4.78, 5) is 17.1. The molecule has 1 aliphatic heterocycles. The molecule has 2 unspecified atom stereocenters. The number of fused-ring (bicyclic) bond motifs is 1. The molecule has 22 heavy (non-hydrogen) atoms. The Morgan fingerprint density at radius 3 is 3.05 bits per heavy atom. The van der Waals surface area contributed by atoms with Gasteiger partial charge in [-0.1, -0.05) is 12.8 Å². The van der Waals surface area contributed by atoms with E-state index in [-0.39, 0.29) is 17.2 Å². The molecule has 2 atom stereocenters. The van der Waals surface area contributed by atoms with Crippen molar-refractivity contribution in [3.8, 4) is 6.07 Å². The number of carbonyl (C=O) groups excluding carboxylic acids is 1. The number of amides is 1. The highest BCUT2D eigenvalue weighted by molar-refractivity contribution is 5.90. The minimum atomic E-state index is -0.742. The van der Waals surface area contributed by atoms with Crippen molar-refractivity contribution in [2.24, 2.45) is 10.8 Å².